The SMILES string of the molecule is C=CC(C)(C)c1ccc(OCC)c(C=CC(=O)c2ccc(NC)cc2)c1O. The molecule has 0 radical (unpaired) electrons. The highest BCUT2D eigenvalue weighted by Crippen LogP contribution is 2.39. The summed E-state index contributed by atoms with van der Waals surface area (Å²) in [7, 11) is 1.83. The van der Waals surface area contributed by atoms with Crippen LogP contribution in [0.25, 0.3) is 6.08 Å². The molecular weight excluding hydrogens is 338 g/mol. The average molecular weight is 365 g/mol. The minimum Gasteiger partial charge on any atom is -0.507 e. The fraction of sp³-hybridized carbons (Fsp3) is 0.261. The van der Waals surface area contributed by atoms with Crippen LogP contribution in [0.3, 0.4) is 0 Å². The Balaban J connectivity index is 2.42. The van der Waals surface area contributed by atoms with E-state index in [0.717, 1.165) is 11.3 Å². The number of allylic oxidation sites excluding steroid dienone is 2. The van der Waals surface area contributed by atoms with Gasteiger partial charge in [0.05, 0.1) is 12.2 Å². The number of carbonyl (C=O) groups is 1. The van der Waals surface area contributed by atoms with Gasteiger partial charge in [-0.05, 0) is 49.4 Å². The van der Waals surface area contributed by atoms with Crippen LogP contribution < -0.4 is 10.1 Å². The number of hydrogen-bond donors (Lipinski definition) is 2. The van der Waals surface area contributed by atoms with Crippen LogP contribution in [0.15, 0.2) is 55.1 Å². The third kappa shape index (κ3) is 4.59. The molecule has 0 aliphatic rings. The predicted octanol–water partition coefficient (Wildman–Crippen LogP) is 5.19. The second-order valence-electron chi connectivity index (χ2n) is 6.76. The Labute approximate surface area is 161 Å². The van der Waals surface area contributed by atoms with Crippen molar-refractivity contribution in [1.29, 1.82) is 0 Å². The summed E-state index contributed by atoms with van der Waals surface area (Å²) >= 11 is 0. The van der Waals surface area contributed by atoms with E-state index >= 15 is 0 Å². The molecular formula is C23H27NO3. The maximum absolute atomic E-state index is 12.5. The molecule has 4 nitrogen and oxygen atoms in total. The number of anilines is 1. The van der Waals surface area contributed by atoms with E-state index in [2.05, 4.69) is 11.9 Å². The van der Waals surface area contributed by atoms with Gasteiger partial charge in [-0.25, -0.2) is 0 Å². The highest BCUT2D eigenvalue weighted by molar-refractivity contribution is 6.07. The molecule has 27 heavy (non-hydrogen) atoms. The van der Waals surface area contributed by atoms with Crippen molar-refractivity contribution in [3.8, 4) is 11.5 Å². The number of benzene rings is 2. The van der Waals surface area contributed by atoms with E-state index in [0.29, 0.717) is 23.5 Å². The molecule has 0 heterocycles. The predicted molar refractivity (Wildman–Crippen MR) is 112 cm³/mol. The molecule has 2 aromatic rings. The van der Waals surface area contributed by atoms with Gasteiger partial charge in [-0.2, -0.15) is 0 Å². The summed E-state index contributed by atoms with van der Waals surface area (Å²) in [6.45, 7) is 10.1. The van der Waals surface area contributed by atoms with E-state index in [4.69, 9.17) is 4.74 Å². The van der Waals surface area contributed by atoms with E-state index < -0.39 is 5.41 Å². The van der Waals surface area contributed by atoms with Gasteiger partial charge in [-0.15, -0.1) is 6.58 Å². The quantitative estimate of drug-likeness (QED) is 0.384. The molecule has 2 N–H and O–H groups in total. The molecule has 0 saturated heterocycles. The number of phenols is 1. The number of nitrogens with one attached hydrogen (secondary N) is 1. The Morgan fingerprint density at radius 3 is 2.44 bits per heavy atom. The lowest BCUT2D eigenvalue weighted by Crippen LogP contribution is -2.13. The minimum atomic E-state index is -0.412. The molecule has 0 aliphatic carbocycles. The van der Waals surface area contributed by atoms with Gasteiger partial charge in [0.1, 0.15) is 11.5 Å². The van der Waals surface area contributed by atoms with Gasteiger partial charge in [0.2, 0.25) is 0 Å². The van der Waals surface area contributed by atoms with Crippen molar-refractivity contribution in [2.75, 3.05) is 19.0 Å². The summed E-state index contributed by atoms with van der Waals surface area (Å²) < 4.78 is 5.63. The van der Waals surface area contributed by atoms with Crippen molar-refractivity contribution in [2.45, 2.75) is 26.2 Å². The smallest absolute Gasteiger partial charge is 0.185 e. The van der Waals surface area contributed by atoms with Crippen molar-refractivity contribution >= 4 is 17.5 Å². The number of carbonyl (C=O) groups excluding carboxylic acids is 1. The van der Waals surface area contributed by atoms with Crippen LogP contribution in [0.2, 0.25) is 0 Å². The summed E-state index contributed by atoms with van der Waals surface area (Å²) in [5.41, 5.74) is 2.32. The van der Waals surface area contributed by atoms with Gasteiger partial charge >= 0.3 is 0 Å². The first-order valence-electron chi connectivity index (χ1n) is 8.97. The lowest BCUT2D eigenvalue weighted by Gasteiger charge is -2.23. The zero-order chi connectivity index (χ0) is 20.0. The lowest BCUT2D eigenvalue weighted by atomic mass is 9.83. The van der Waals surface area contributed by atoms with E-state index in [1.807, 2.05) is 52.1 Å². The number of hydrogen-bond acceptors (Lipinski definition) is 4. The van der Waals surface area contributed by atoms with Crippen molar-refractivity contribution in [3.63, 3.8) is 0 Å². The first-order valence-corrected chi connectivity index (χ1v) is 8.97. The molecule has 0 bridgehead atoms. The third-order valence-corrected chi connectivity index (χ3v) is 4.54. The molecule has 0 aliphatic heterocycles. The Bertz CT molecular complexity index is 849. The number of ketones is 1. The summed E-state index contributed by atoms with van der Waals surface area (Å²) in [5, 5.41) is 13.8. The van der Waals surface area contributed by atoms with Crippen LogP contribution in [0, 0.1) is 0 Å². The lowest BCUT2D eigenvalue weighted by molar-refractivity contribution is 0.104. The molecule has 4 heteroatoms. The van der Waals surface area contributed by atoms with Gasteiger partial charge in [0, 0.05) is 29.3 Å². The summed E-state index contributed by atoms with van der Waals surface area (Å²) in [5.74, 6) is 0.488. The normalized spacial score (nSPS) is 11.4. The molecule has 0 atom stereocenters. The van der Waals surface area contributed by atoms with E-state index in [1.165, 1.54) is 6.08 Å². The average Bonchev–Trinajstić information content (AvgIpc) is 2.67. The number of rotatable bonds is 8. The van der Waals surface area contributed by atoms with Crippen LogP contribution >= 0.6 is 0 Å². The van der Waals surface area contributed by atoms with E-state index in [1.54, 1.807) is 24.3 Å². The Kier molecular flexibility index (Phi) is 6.45. The second-order valence-corrected chi connectivity index (χ2v) is 6.76. The molecule has 0 spiro atoms. The van der Waals surface area contributed by atoms with Crippen LogP contribution in [0.4, 0.5) is 5.69 Å². The second kappa shape index (κ2) is 8.58. The van der Waals surface area contributed by atoms with Crippen molar-refractivity contribution in [1.82, 2.24) is 0 Å². The molecule has 0 unspecified atom stereocenters. The van der Waals surface area contributed by atoms with Crippen LogP contribution in [-0.2, 0) is 5.41 Å². The Morgan fingerprint density at radius 2 is 1.89 bits per heavy atom. The zero-order valence-electron chi connectivity index (χ0n) is 16.4. The Morgan fingerprint density at radius 1 is 1.22 bits per heavy atom. The van der Waals surface area contributed by atoms with Crippen molar-refractivity contribution in [2.24, 2.45) is 0 Å². The molecule has 0 aromatic heterocycles. The summed E-state index contributed by atoms with van der Waals surface area (Å²) in [4.78, 5) is 12.5. The molecule has 0 fully saturated rings. The third-order valence-electron chi connectivity index (χ3n) is 4.54. The standard InChI is InChI=1S/C23H27NO3/c1-6-23(3,4)19-13-15-21(27-7-2)18(22(19)26)12-14-20(25)16-8-10-17(24-5)11-9-16/h6,8-15,24,26H,1,7H2,2-5H3. The molecule has 0 amide bonds. The van der Waals surface area contributed by atoms with Gasteiger partial charge in [-0.3, -0.25) is 4.79 Å². The van der Waals surface area contributed by atoms with Crippen molar-refractivity contribution in [3.05, 3.63) is 71.8 Å². The van der Waals surface area contributed by atoms with Gasteiger partial charge in [-0.1, -0.05) is 26.0 Å². The van der Waals surface area contributed by atoms with Gasteiger partial charge in [0.15, 0.2) is 5.78 Å². The minimum absolute atomic E-state index is 0.0976. The highest BCUT2D eigenvalue weighted by atomic mass is 16.5. The molecule has 2 aromatic carbocycles. The monoisotopic (exact) mass is 365 g/mol. The maximum atomic E-state index is 12.5. The van der Waals surface area contributed by atoms with Gasteiger partial charge < -0.3 is 15.2 Å². The fourth-order valence-corrected chi connectivity index (χ4v) is 2.72. The molecule has 0 saturated carbocycles. The first-order chi connectivity index (χ1) is 12.8. The highest BCUT2D eigenvalue weighted by Gasteiger charge is 2.23. The van der Waals surface area contributed by atoms with Gasteiger partial charge in [0.25, 0.3) is 0 Å². The summed E-state index contributed by atoms with van der Waals surface area (Å²) in [6, 6.07) is 10.9. The van der Waals surface area contributed by atoms with Crippen molar-refractivity contribution < 1.29 is 14.6 Å². The summed E-state index contributed by atoms with van der Waals surface area (Å²) in [6.07, 6.45) is 4.85. The Hall–Kier alpha value is -3.01. The zero-order valence-corrected chi connectivity index (χ0v) is 16.4. The molecule has 142 valence electrons. The maximum Gasteiger partial charge on any atom is 0.185 e. The van der Waals surface area contributed by atoms with Crippen LogP contribution in [0.1, 0.15) is 42.3 Å². The molecule has 2 rings (SSSR count). The van der Waals surface area contributed by atoms with Crippen LogP contribution in [-0.4, -0.2) is 24.5 Å². The van der Waals surface area contributed by atoms with Crippen LogP contribution in [0.5, 0.6) is 11.5 Å². The largest absolute Gasteiger partial charge is 0.507 e. The van der Waals surface area contributed by atoms with E-state index in [-0.39, 0.29) is 11.5 Å². The number of phenolic OH excluding ortho intramolecular Hbond substituents is 1. The first kappa shape index (κ1) is 20.3. The fourth-order valence-electron chi connectivity index (χ4n) is 2.72. The van der Waals surface area contributed by atoms with E-state index in [9.17, 15) is 9.90 Å². The topological polar surface area (TPSA) is 58.6 Å². The number of ether oxygens (including phenoxy) is 1. The number of aromatic hydroxyl groups is 1.